The van der Waals surface area contributed by atoms with Gasteiger partial charge >= 0.3 is 0 Å². The molecule has 0 radical (unpaired) electrons. The maximum absolute atomic E-state index is 5.40. The molecule has 1 N–H and O–H groups in total. The van der Waals surface area contributed by atoms with Crippen LogP contribution in [0.4, 0.5) is 17.3 Å². The van der Waals surface area contributed by atoms with Gasteiger partial charge < -0.3 is 19.7 Å². The monoisotopic (exact) mass is 328 g/mol. The van der Waals surface area contributed by atoms with E-state index in [0.717, 1.165) is 47.8 Å². The lowest BCUT2D eigenvalue weighted by Gasteiger charge is -2.31. The Balaban J connectivity index is 1.80. The molecule has 2 aromatic rings. The van der Waals surface area contributed by atoms with E-state index in [1.807, 2.05) is 24.3 Å². The summed E-state index contributed by atoms with van der Waals surface area (Å²) in [6.07, 6.45) is 4.01. The van der Waals surface area contributed by atoms with E-state index in [4.69, 9.17) is 9.47 Å². The van der Waals surface area contributed by atoms with Crippen molar-refractivity contribution in [2.75, 3.05) is 37.5 Å². The molecule has 0 amide bonds. The second kappa shape index (κ2) is 7.38. The SMILES string of the molecule is COc1ccc(OC)c(Nc2cc(N3CCC(C)CC3)ncn2)c1. The van der Waals surface area contributed by atoms with Crippen LogP contribution in [-0.2, 0) is 0 Å². The van der Waals surface area contributed by atoms with Gasteiger partial charge in [0.15, 0.2) is 0 Å². The maximum atomic E-state index is 5.40. The van der Waals surface area contributed by atoms with Gasteiger partial charge in [0.1, 0.15) is 29.5 Å². The minimum absolute atomic E-state index is 0.739. The van der Waals surface area contributed by atoms with E-state index >= 15 is 0 Å². The summed E-state index contributed by atoms with van der Waals surface area (Å²) in [6, 6.07) is 7.61. The average Bonchev–Trinajstić information content (AvgIpc) is 2.62. The highest BCUT2D eigenvalue weighted by atomic mass is 16.5. The van der Waals surface area contributed by atoms with E-state index in [0.29, 0.717) is 0 Å². The van der Waals surface area contributed by atoms with Crippen LogP contribution in [0.5, 0.6) is 11.5 Å². The summed E-state index contributed by atoms with van der Waals surface area (Å²) in [6.45, 7) is 4.39. The Kier molecular flexibility index (Phi) is 5.03. The third kappa shape index (κ3) is 3.69. The lowest BCUT2D eigenvalue weighted by atomic mass is 9.99. The standard InChI is InChI=1S/C18H24N4O2/c1-13-6-8-22(9-7-13)18-11-17(19-12-20-18)21-15-10-14(23-2)4-5-16(15)24-3/h4-5,10-13H,6-9H2,1-3H3,(H,19,20,21). The van der Waals surface area contributed by atoms with Gasteiger partial charge in [-0.15, -0.1) is 0 Å². The van der Waals surface area contributed by atoms with Gasteiger partial charge in [-0.2, -0.15) is 0 Å². The second-order valence-corrected chi connectivity index (χ2v) is 6.12. The molecule has 128 valence electrons. The Morgan fingerprint density at radius 2 is 1.88 bits per heavy atom. The van der Waals surface area contributed by atoms with E-state index in [-0.39, 0.29) is 0 Å². The number of nitrogens with zero attached hydrogens (tertiary/aromatic N) is 3. The van der Waals surface area contributed by atoms with Gasteiger partial charge in [0.2, 0.25) is 0 Å². The van der Waals surface area contributed by atoms with Crippen molar-refractivity contribution in [3.63, 3.8) is 0 Å². The lowest BCUT2D eigenvalue weighted by molar-refractivity contribution is 0.405. The number of rotatable bonds is 5. The Labute approximate surface area is 142 Å². The molecule has 1 saturated heterocycles. The molecule has 6 heteroatoms. The molecule has 2 heterocycles. The molecular weight excluding hydrogens is 304 g/mol. The molecule has 1 aliphatic rings. The van der Waals surface area contributed by atoms with Crippen molar-refractivity contribution in [1.82, 2.24) is 9.97 Å². The summed E-state index contributed by atoms with van der Waals surface area (Å²) < 4.78 is 10.7. The van der Waals surface area contributed by atoms with Gasteiger partial charge in [-0.05, 0) is 30.9 Å². The predicted octanol–water partition coefficient (Wildman–Crippen LogP) is 3.47. The van der Waals surface area contributed by atoms with E-state index in [9.17, 15) is 0 Å². The van der Waals surface area contributed by atoms with Crippen LogP contribution in [0.2, 0.25) is 0 Å². The molecule has 1 aliphatic heterocycles. The van der Waals surface area contributed by atoms with Crippen LogP contribution >= 0.6 is 0 Å². The fraction of sp³-hybridized carbons (Fsp3) is 0.444. The van der Waals surface area contributed by atoms with Crippen LogP contribution in [-0.4, -0.2) is 37.3 Å². The number of hydrogen-bond donors (Lipinski definition) is 1. The first-order valence-electron chi connectivity index (χ1n) is 8.25. The minimum Gasteiger partial charge on any atom is -0.497 e. The third-order valence-corrected chi connectivity index (χ3v) is 4.43. The fourth-order valence-electron chi connectivity index (χ4n) is 2.88. The molecule has 1 aromatic carbocycles. The smallest absolute Gasteiger partial charge is 0.142 e. The summed E-state index contributed by atoms with van der Waals surface area (Å²) in [4.78, 5) is 11.1. The van der Waals surface area contributed by atoms with Gasteiger partial charge in [-0.3, -0.25) is 0 Å². The van der Waals surface area contributed by atoms with Crippen molar-refractivity contribution in [1.29, 1.82) is 0 Å². The summed E-state index contributed by atoms with van der Waals surface area (Å²) in [7, 11) is 3.29. The highest BCUT2D eigenvalue weighted by Crippen LogP contribution is 2.31. The number of hydrogen-bond acceptors (Lipinski definition) is 6. The number of ether oxygens (including phenoxy) is 2. The summed E-state index contributed by atoms with van der Waals surface area (Å²) in [5.41, 5.74) is 0.814. The molecule has 0 bridgehead atoms. The van der Waals surface area contributed by atoms with Crippen molar-refractivity contribution in [2.45, 2.75) is 19.8 Å². The first-order valence-corrected chi connectivity index (χ1v) is 8.25. The Bertz CT molecular complexity index is 684. The zero-order valence-corrected chi connectivity index (χ0v) is 14.5. The van der Waals surface area contributed by atoms with Crippen LogP contribution < -0.4 is 19.7 Å². The number of aromatic nitrogens is 2. The van der Waals surface area contributed by atoms with Crippen molar-refractivity contribution in [2.24, 2.45) is 5.92 Å². The second-order valence-electron chi connectivity index (χ2n) is 6.12. The van der Waals surface area contributed by atoms with Crippen LogP contribution in [0.1, 0.15) is 19.8 Å². The largest absolute Gasteiger partial charge is 0.497 e. The van der Waals surface area contributed by atoms with Gasteiger partial charge in [0.25, 0.3) is 0 Å². The Morgan fingerprint density at radius 1 is 1.08 bits per heavy atom. The van der Waals surface area contributed by atoms with E-state index in [1.165, 1.54) is 12.8 Å². The number of nitrogens with one attached hydrogen (secondary N) is 1. The van der Waals surface area contributed by atoms with Crippen LogP contribution in [0, 0.1) is 5.92 Å². The van der Waals surface area contributed by atoms with Gasteiger partial charge in [-0.1, -0.05) is 6.92 Å². The third-order valence-electron chi connectivity index (χ3n) is 4.43. The quantitative estimate of drug-likeness (QED) is 0.907. The molecule has 0 saturated carbocycles. The fourth-order valence-corrected chi connectivity index (χ4v) is 2.88. The molecule has 1 fully saturated rings. The molecule has 0 aliphatic carbocycles. The Hall–Kier alpha value is -2.50. The Morgan fingerprint density at radius 3 is 2.58 bits per heavy atom. The summed E-state index contributed by atoms with van der Waals surface area (Å²) >= 11 is 0. The normalized spacial score (nSPS) is 15.2. The van der Waals surface area contributed by atoms with Crippen molar-refractivity contribution in [3.8, 4) is 11.5 Å². The first-order chi connectivity index (χ1) is 11.7. The molecule has 0 atom stereocenters. The number of anilines is 3. The van der Waals surface area contributed by atoms with Crippen molar-refractivity contribution in [3.05, 3.63) is 30.6 Å². The topological polar surface area (TPSA) is 59.5 Å². The van der Waals surface area contributed by atoms with Gasteiger partial charge in [-0.25, -0.2) is 9.97 Å². The molecule has 1 aromatic heterocycles. The maximum Gasteiger partial charge on any atom is 0.142 e. The highest BCUT2D eigenvalue weighted by molar-refractivity contribution is 5.67. The average molecular weight is 328 g/mol. The molecule has 0 spiro atoms. The van der Waals surface area contributed by atoms with Crippen molar-refractivity contribution < 1.29 is 9.47 Å². The van der Waals surface area contributed by atoms with Crippen molar-refractivity contribution >= 4 is 17.3 Å². The van der Waals surface area contributed by atoms with Crippen LogP contribution in [0.25, 0.3) is 0 Å². The van der Waals surface area contributed by atoms with E-state index in [1.54, 1.807) is 20.5 Å². The molecular formula is C18H24N4O2. The number of benzene rings is 1. The zero-order chi connectivity index (χ0) is 16.9. The van der Waals surface area contributed by atoms with Gasteiger partial charge in [0, 0.05) is 25.2 Å². The number of methoxy groups -OCH3 is 2. The molecule has 6 nitrogen and oxygen atoms in total. The van der Waals surface area contributed by atoms with Crippen LogP contribution in [0.15, 0.2) is 30.6 Å². The molecule has 0 unspecified atom stereocenters. The van der Waals surface area contributed by atoms with Gasteiger partial charge in [0.05, 0.1) is 19.9 Å². The number of piperidine rings is 1. The van der Waals surface area contributed by atoms with E-state index in [2.05, 4.69) is 27.1 Å². The zero-order valence-electron chi connectivity index (χ0n) is 14.5. The predicted molar refractivity (Wildman–Crippen MR) is 95.5 cm³/mol. The highest BCUT2D eigenvalue weighted by Gasteiger charge is 2.17. The first kappa shape index (κ1) is 16.4. The summed E-state index contributed by atoms with van der Waals surface area (Å²) in [5.74, 6) is 3.99. The summed E-state index contributed by atoms with van der Waals surface area (Å²) in [5, 5.41) is 3.30. The minimum atomic E-state index is 0.739. The van der Waals surface area contributed by atoms with Crippen LogP contribution in [0.3, 0.4) is 0 Å². The van der Waals surface area contributed by atoms with E-state index < -0.39 is 0 Å². The lowest BCUT2D eigenvalue weighted by Crippen LogP contribution is -2.33. The molecule has 24 heavy (non-hydrogen) atoms. The molecule has 3 rings (SSSR count).